The van der Waals surface area contributed by atoms with E-state index in [1.54, 1.807) is 6.92 Å². The van der Waals surface area contributed by atoms with Crippen LogP contribution in [0.5, 0.6) is 0 Å². The molecule has 0 saturated heterocycles. The number of rotatable bonds is 6. The van der Waals surface area contributed by atoms with Gasteiger partial charge in [0.15, 0.2) is 6.20 Å². The molecular weight excluding hydrogens is 497 g/mol. The molecule has 1 amide bonds. The smallest absolute Gasteiger partial charge is 0.420 e. The molecular formula is C21H24F5N5O3S. The number of carbonyl (C=O) groups is 1. The minimum Gasteiger partial charge on any atom is -0.618 e. The Kier molecular flexibility index (Phi) is 5.51. The standard InChI is InChI=1S/C21H24F5N5O3S/c1-18(9-20(22,23)10-18)11-30-15(14(21(24,25)26)16(29-30)19(2)5-6-19)17(32)28-12-4-7-31(33)13(8-12)35(3,27)34/h4,7-8,27H,5-6,9-11H2,1-3H3,(H,28,32). The van der Waals surface area contributed by atoms with E-state index in [2.05, 4.69) is 10.4 Å². The van der Waals surface area contributed by atoms with Crippen LogP contribution < -0.4 is 10.0 Å². The fourth-order valence-corrected chi connectivity index (χ4v) is 5.37. The number of halogens is 5. The molecule has 0 radical (unpaired) electrons. The summed E-state index contributed by atoms with van der Waals surface area (Å²) in [5.74, 6) is -4.14. The number of nitrogens with zero attached hydrogens (tertiary/aromatic N) is 3. The molecule has 0 aromatic carbocycles. The molecule has 2 aliphatic carbocycles. The van der Waals surface area contributed by atoms with E-state index >= 15 is 0 Å². The van der Waals surface area contributed by atoms with E-state index in [1.807, 2.05) is 0 Å². The zero-order chi connectivity index (χ0) is 26.2. The molecule has 2 aliphatic rings. The Morgan fingerprint density at radius 3 is 2.40 bits per heavy atom. The normalized spacial score (nSPS) is 21.6. The molecule has 2 aromatic heterocycles. The molecule has 2 N–H and O–H groups in total. The highest BCUT2D eigenvalue weighted by Gasteiger charge is 2.56. The average molecular weight is 522 g/mol. The Hall–Kier alpha value is -2.77. The van der Waals surface area contributed by atoms with Crippen molar-refractivity contribution in [3.63, 3.8) is 0 Å². The lowest BCUT2D eigenvalue weighted by Crippen LogP contribution is -2.47. The third-order valence-corrected chi connectivity index (χ3v) is 7.56. The van der Waals surface area contributed by atoms with Gasteiger partial charge in [-0.15, -0.1) is 0 Å². The third-order valence-electron chi connectivity index (χ3n) is 6.47. The second-order valence-corrected chi connectivity index (χ2v) is 12.3. The second kappa shape index (κ2) is 7.61. The third kappa shape index (κ3) is 4.84. The summed E-state index contributed by atoms with van der Waals surface area (Å²) < 4.78 is 90.5. The Morgan fingerprint density at radius 1 is 1.31 bits per heavy atom. The van der Waals surface area contributed by atoms with Gasteiger partial charge in [0.05, 0.1) is 11.4 Å². The first-order valence-electron chi connectivity index (χ1n) is 10.7. The monoisotopic (exact) mass is 521 g/mol. The van der Waals surface area contributed by atoms with Crippen LogP contribution in [0.15, 0.2) is 23.4 Å². The maximum absolute atomic E-state index is 14.2. The molecule has 1 atom stereocenters. The first-order chi connectivity index (χ1) is 15.8. The molecule has 2 saturated carbocycles. The van der Waals surface area contributed by atoms with Gasteiger partial charge in [-0.1, -0.05) is 13.8 Å². The van der Waals surface area contributed by atoms with Gasteiger partial charge in [0.25, 0.3) is 10.9 Å². The van der Waals surface area contributed by atoms with Crippen LogP contribution in [0.25, 0.3) is 0 Å². The fourth-order valence-electron chi connectivity index (χ4n) is 4.61. The van der Waals surface area contributed by atoms with Gasteiger partial charge in [0.1, 0.15) is 21.0 Å². The van der Waals surface area contributed by atoms with Crippen LogP contribution in [0, 0.1) is 15.4 Å². The van der Waals surface area contributed by atoms with E-state index in [4.69, 9.17) is 4.78 Å². The molecule has 2 fully saturated rings. The fraction of sp³-hybridized carbons (Fsp3) is 0.571. The van der Waals surface area contributed by atoms with Crippen LogP contribution in [0.3, 0.4) is 0 Å². The van der Waals surface area contributed by atoms with Crippen molar-refractivity contribution < 1.29 is 35.7 Å². The van der Waals surface area contributed by atoms with Gasteiger partial charge < -0.3 is 10.5 Å². The van der Waals surface area contributed by atoms with Crippen LogP contribution >= 0.6 is 0 Å². The molecule has 35 heavy (non-hydrogen) atoms. The van der Waals surface area contributed by atoms with Crippen molar-refractivity contribution >= 4 is 21.3 Å². The number of anilines is 1. The number of aromatic nitrogens is 3. The number of hydrogen-bond acceptors (Lipinski definition) is 5. The zero-order valence-electron chi connectivity index (χ0n) is 19.1. The summed E-state index contributed by atoms with van der Waals surface area (Å²) in [6, 6.07) is 2.04. The van der Waals surface area contributed by atoms with E-state index in [1.165, 1.54) is 6.92 Å². The molecule has 8 nitrogen and oxygen atoms in total. The molecule has 0 aliphatic heterocycles. The summed E-state index contributed by atoms with van der Waals surface area (Å²) in [4.78, 5) is 13.2. The average Bonchev–Trinajstić information content (AvgIpc) is 3.27. The summed E-state index contributed by atoms with van der Waals surface area (Å²) in [5.41, 5.74) is -4.44. The van der Waals surface area contributed by atoms with Gasteiger partial charge in [-0.3, -0.25) is 9.48 Å². The maximum Gasteiger partial charge on any atom is 0.420 e. The van der Waals surface area contributed by atoms with Crippen molar-refractivity contribution in [1.29, 1.82) is 4.78 Å². The van der Waals surface area contributed by atoms with Crippen molar-refractivity contribution in [1.82, 2.24) is 9.78 Å². The van der Waals surface area contributed by atoms with E-state index in [0.29, 0.717) is 12.8 Å². The lowest BCUT2D eigenvalue weighted by molar-refractivity contribution is -0.646. The highest BCUT2D eigenvalue weighted by Crippen LogP contribution is 2.54. The van der Waals surface area contributed by atoms with Crippen molar-refractivity contribution in [3.8, 4) is 0 Å². The van der Waals surface area contributed by atoms with E-state index in [-0.39, 0.29) is 22.7 Å². The van der Waals surface area contributed by atoms with Crippen LogP contribution in [0.4, 0.5) is 27.6 Å². The quantitative estimate of drug-likeness (QED) is 0.335. The van der Waals surface area contributed by atoms with E-state index < -0.39 is 67.7 Å². The minimum atomic E-state index is -4.95. The first kappa shape index (κ1) is 25.3. The molecule has 2 aromatic rings. The number of nitrogens with one attached hydrogen (secondary N) is 2. The van der Waals surface area contributed by atoms with Crippen LogP contribution in [-0.2, 0) is 27.9 Å². The minimum absolute atomic E-state index is 0.152. The molecule has 0 spiro atoms. The number of pyridine rings is 1. The highest BCUT2D eigenvalue weighted by molar-refractivity contribution is 7.91. The summed E-state index contributed by atoms with van der Waals surface area (Å²) in [7, 11) is -3.50. The van der Waals surface area contributed by atoms with Gasteiger partial charge >= 0.3 is 6.18 Å². The SMILES string of the molecule is CC1(Cn2nc(C3(C)CC3)c(C(F)(F)F)c2C(=O)Nc2cc[n+]([O-])c(S(C)(=N)=O)c2)CC(F)(F)C1. The Morgan fingerprint density at radius 2 is 1.91 bits per heavy atom. The number of carbonyl (C=O) groups excluding carboxylic acids is 1. The van der Waals surface area contributed by atoms with E-state index in [9.17, 15) is 36.2 Å². The van der Waals surface area contributed by atoms with Gasteiger partial charge in [0.2, 0.25) is 5.92 Å². The molecule has 4 rings (SSSR count). The molecule has 1 unspecified atom stereocenters. The number of amides is 1. The van der Waals surface area contributed by atoms with Gasteiger partial charge in [-0.25, -0.2) is 17.8 Å². The number of alkyl halides is 5. The molecule has 192 valence electrons. The second-order valence-electron chi connectivity index (χ2n) is 10.2. The van der Waals surface area contributed by atoms with Crippen LogP contribution in [0.2, 0.25) is 0 Å². The van der Waals surface area contributed by atoms with Gasteiger partial charge in [-0.2, -0.15) is 23.0 Å². The summed E-state index contributed by atoms with van der Waals surface area (Å²) in [6.45, 7) is 2.78. The highest BCUT2D eigenvalue weighted by atomic mass is 32.2. The molecule has 2 heterocycles. The predicted molar refractivity (Wildman–Crippen MR) is 115 cm³/mol. The Labute approximate surface area is 198 Å². The summed E-state index contributed by atoms with van der Waals surface area (Å²) >= 11 is 0. The topological polar surface area (TPSA) is 115 Å². The predicted octanol–water partition coefficient (Wildman–Crippen LogP) is 4.31. The zero-order valence-corrected chi connectivity index (χ0v) is 19.9. The van der Waals surface area contributed by atoms with Gasteiger partial charge in [-0.05, 0) is 18.3 Å². The largest absolute Gasteiger partial charge is 0.618 e. The van der Waals surface area contributed by atoms with Crippen molar-refractivity contribution in [2.24, 2.45) is 5.41 Å². The number of hydrogen-bond donors (Lipinski definition) is 2. The van der Waals surface area contributed by atoms with Gasteiger partial charge in [0, 0.05) is 43.2 Å². The summed E-state index contributed by atoms with van der Waals surface area (Å²) in [5, 5.41) is 17.8. The van der Waals surface area contributed by atoms with E-state index in [0.717, 1.165) is 29.3 Å². The maximum atomic E-state index is 14.2. The van der Waals surface area contributed by atoms with Crippen LogP contribution in [-0.4, -0.2) is 32.1 Å². The van der Waals surface area contributed by atoms with Crippen molar-refractivity contribution in [2.75, 3.05) is 11.6 Å². The molecule has 14 heteroatoms. The van der Waals surface area contributed by atoms with Crippen molar-refractivity contribution in [3.05, 3.63) is 40.5 Å². The lowest BCUT2D eigenvalue weighted by atomic mass is 9.67. The lowest BCUT2D eigenvalue weighted by Gasteiger charge is -2.44. The molecule has 0 bridgehead atoms. The van der Waals surface area contributed by atoms with Crippen LogP contribution in [0.1, 0.15) is 61.3 Å². The Bertz CT molecular complexity index is 1310. The first-order valence-corrected chi connectivity index (χ1v) is 12.7. The summed E-state index contributed by atoms with van der Waals surface area (Å²) in [6.07, 6.45) is -3.32. The Balaban J connectivity index is 1.79. The van der Waals surface area contributed by atoms with Crippen molar-refractivity contribution in [2.45, 2.75) is 68.6 Å².